The lowest BCUT2D eigenvalue weighted by Crippen LogP contribution is -2.17. The van der Waals surface area contributed by atoms with Crippen molar-refractivity contribution in [3.8, 4) is 22.7 Å². The Bertz CT molecular complexity index is 1640. The Morgan fingerprint density at radius 3 is 2.23 bits per heavy atom. The molecule has 40 heavy (non-hydrogen) atoms. The second kappa shape index (κ2) is 12.4. The Hall–Kier alpha value is -4.03. The molecule has 0 fully saturated rings. The molecule has 0 aliphatic carbocycles. The summed E-state index contributed by atoms with van der Waals surface area (Å²) >= 11 is 18.7. The largest absolute Gasteiger partial charge is 0.486 e. The molecule has 0 unspecified atom stereocenters. The molecule has 0 aliphatic heterocycles. The molecule has 1 amide bonds. The molecule has 4 aromatic carbocycles. The number of rotatable bonds is 8. The van der Waals surface area contributed by atoms with Crippen molar-refractivity contribution in [2.75, 3.05) is 0 Å². The van der Waals surface area contributed by atoms with Crippen LogP contribution in [-0.2, 0) is 6.61 Å². The van der Waals surface area contributed by atoms with Gasteiger partial charge in [-0.2, -0.15) is 5.10 Å². The number of amides is 1. The Labute approximate surface area is 247 Å². The van der Waals surface area contributed by atoms with Gasteiger partial charge >= 0.3 is 0 Å². The van der Waals surface area contributed by atoms with Crippen LogP contribution in [0, 0.1) is 6.92 Å². The van der Waals surface area contributed by atoms with Gasteiger partial charge in [-0.1, -0.05) is 77.3 Å². The lowest BCUT2D eigenvalue weighted by atomic mass is 10.1. The summed E-state index contributed by atoms with van der Waals surface area (Å²) in [5.41, 5.74) is 8.83. The number of aromatic nitrogens is 1. The van der Waals surface area contributed by atoms with E-state index in [2.05, 4.69) is 46.3 Å². The van der Waals surface area contributed by atoms with Crippen LogP contribution in [0.25, 0.3) is 16.9 Å². The highest BCUT2D eigenvalue weighted by atomic mass is 35.5. The molecular weight excluding hydrogens is 565 g/mol. The SMILES string of the molecule is Cc1ccc(-c2ccccc2)n1-c1ccc(C(=O)N/N=C/c2cc(Cl)c(OCc3ccc(Cl)cc3)c(Cl)c2)cc1. The molecule has 1 heterocycles. The van der Waals surface area contributed by atoms with E-state index in [0.717, 1.165) is 28.2 Å². The highest BCUT2D eigenvalue weighted by Gasteiger charge is 2.12. The van der Waals surface area contributed by atoms with Crippen LogP contribution in [0.15, 0.2) is 108 Å². The van der Waals surface area contributed by atoms with E-state index < -0.39 is 0 Å². The molecule has 0 saturated carbocycles. The van der Waals surface area contributed by atoms with Gasteiger partial charge in [-0.3, -0.25) is 4.79 Å². The highest BCUT2D eigenvalue weighted by molar-refractivity contribution is 6.37. The van der Waals surface area contributed by atoms with Gasteiger partial charge in [0.1, 0.15) is 6.61 Å². The summed E-state index contributed by atoms with van der Waals surface area (Å²) in [7, 11) is 0. The van der Waals surface area contributed by atoms with Crippen molar-refractivity contribution in [2.45, 2.75) is 13.5 Å². The number of ether oxygens (including phenoxy) is 1. The average Bonchev–Trinajstić information content (AvgIpc) is 3.35. The molecule has 5 rings (SSSR count). The molecule has 0 radical (unpaired) electrons. The van der Waals surface area contributed by atoms with Gasteiger partial charge in [0.05, 0.1) is 22.0 Å². The zero-order valence-electron chi connectivity index (χ0n) is 21.4. The predicted molar refractivity (Wildman–Crippen MR) is 163 cm³/mol. The summed E-state index contributed by atoms with van der Waals surface area (Å²) in [4.78, 5) is 12.7. The maximum Gasteiger partial charge on any atom is 0.271 e. The first-order valence-corrected chi connectivity index (χ1v) is 13.6. The number of carbonyl (C=O) groups excluding carboxylic acids is 1. The average molecular weight is 589 g/mol. The van der Waals surface area contributed by atoms with Crippen molar-refractivity contribution in [2.24, 2.45) is 5.10 Å². The van der Waals surface area contributed by atoms with Crippen LogP contribution in [0.5, 0.6) is 5.75 Å². The summed E-state index contributed by atoms with van der Waals surface area (Å²) in [6, 6.07) is 32.4. The van der Waals surface area contributed by atoms with E-state index in [9.17, 15) is 4.79 Å². The van der Waals surface area contributed by atoms with Crippen molar-refractivity contribution in [3.63, 3.8) is 0 Å². The Morgan fingerprint density at radius 2 is 1.55 bits per heavy atom. The number of benzene rings is 4. The Morgan fingerprint density at radius 1 is 0.875 bits per heavy atom. The molecular formula is C32H24Cl3N3O2. The summed E-state index contributed by atoms with van der Waals surface area (Å²) < 4.78 is 7.96. The number of nitrogens with zero attached hydrogens (tertiary/aromatic N) is 2. The number of hydrogen-bond donors (Lipinski definition) is 1. The van der Waals surface area contributed by atoms with Crippen LogP contribution < -0.4 is 10.2 Å². The van der Waals surface area contributed by atoms with Gasteiger partial charge < -0.3 is 9.30 Å². The number of hydrogen-bond acceptors (Lipinski definition) is 3. The van der Waals surface area contributed by atoms with Crippen LogP contribution in [0.2, 0.25) is 15.1 Å². The summed E-state index contributed by atoms with van der Waals surface area (Å²) in [6.07, 6.45) is 1.47. The molecule has 0 bridgehead atoms. The molecule has 1 N–H and O–H groups in total. The van der Waals surface area contributed by atoms with Gasteiger partial charge in [0.2, 0.25) is 0 Å². The number of aryl methyl sites for hydroxylation is 1. The normalized spacial score (nSPS) is 11.1. The fraction of sp³-hybridized carbons (Fsp3) is 0.0625. The molecule has 200 valence electrons. The molecule has 8 heteroatoms. The molecule has 5 nitrogen and oxygen atoms in total. The quantitative estimate of drug-likeness (QED) is 0.146. The molecule has 0 saturated heterocycles. The lowest BCUT2D eigenvalue weighted by Gasteiger charge is -2.13. The highest BCUT2D eigenvalue weighted by Crippen LogP contribution is 2.34. The van der Waals surface area contributed by atoms with Crippen LogP contribution in [0.1, 0.15) is 27.2 Å². The van der Waals surface area contributed by atoms with Gasteiger partial charge in [0.25, 0.3) is 5.91 Å². The second-order valence-electron chi connectivity index (χ2n) is 9.04. The fourth-order valence-electron chi connectivity index (χ4n) is 4.24. The second-order valence-corrected chi connectivity index (χ2v) is 10.3. The van der Waals surface area contributed by atoms with Gasteiger partial charge in [-0.25, -0.2) is 5.43 Å². The number of hydrazone groups is 1. The lowest BCUT2D eigenvalue weighted by molar-refractivity contribution is 0.0955. The standard InChI is InChI=1S/C32H24Cl3N3O2/c1-21-7-16-30(24-5-3-2-4-6-24)38(21)27-14-10-25(11-15-27)32(39)37-36-19-23-17-28(34)31(29(35)18-23)40-20-22-8-12-26(33)13-9-22/h2-19H,20H2,1H3,(H,37,39)/b36-19+. The van der Waals surface area contributed by atoms with E-state index in [0.29, 0.717) is 31.9 Å². The van der Waals surface area contributed by atoms with Gasteiger partial charge in [-0.05, 0) is 84.3 Å². The van der Waals surface area contributed by atoms with Crippen molar-refractivity contribution >= 4 is 46.9 Å². The molecule has 0 aliphatic rings. The first-order valence-electron chi connectivity index (χ1n) is 12.4. The monoisotopic (exact) mass is 587 g/mol. The van der Waals surface area contributed by atoms with Crippen molar-refractivity contribution < 1.29 is 9.53 Å². The van der Waals surface area contributed by atoms with Gasteiger partial charge in [0, 0.05) is 22.0 Å². The minimum Gasteiger partial charge on any atom is -0.486 e. The molecule has 0 atom stereocenters. The Balaban J connectivity index is 1.23. The molecule has 5 aromatic rings. The van der Waals surface area contributed by atoms with E-state index >= 15 is 0 Å². The smallest absolute Gasteiger partial charge is 0.271 e. The van der Waals surface area contributed by atoms with Crippen LogP contribution in [0.4, 0.5) is 0 Å². The van der Waals surface area contributed by atoms with Crippen molar-refractivity contribution in [1.29, 1.82) is 0 Å². The van der Waals surface area contributed by atoms with Crippen molar-refractivity contribution in [3.05, 3.63) is 141 Å². The van der Waals surface area contributed by atoms with E-state index in [1.54, 1.807) is 36.4 Å². The van der Waals surface area contributed by atoms with E-state index in [4.69, 9.17) is 39.5 Å². The zero-order valence-corrected chi connectivity index (χ0v) is 23.7. The number of nitrogens with one attached hydrogen (secondary N) is 1. The third-order valence-corrected chi connectivity index (χ3v) is 7.04. The summed E-state index contributed by atoms with van der Waals surface area (Å²) in [5, 5.41) is 5.39. The Kier molecular flexibility index (Phi) is 8.56. The third-order valence-electron chi connectivity index (χ3n) is 6.23. The predicted octanol–water partition coefficient (Wildman–Crippen LogP) is 8.76. The van der Waals surface area contributed by atoms with Crippen LogP contribution in [-0.4, -0.2) is 16.7 Å². The zero-order chi connectivity index (χ0) is 28.1. The van der Waals surface area contributed by atoms with E-state index in [1.807, 2.05) is 42.5 Å². The number of halogens is 3. The van der Waals surface area contributed by atoms with E-state index in [-0.39, 0.29) is 12.5 Å². The first kappa shape index (κ1) is 27.5. The number of carbonyl (C=O) groups is 1. The van der Waals surface area contributed by atoms with Crippen molar-refractivity contribution in [1.82, 2.24) is 9.99 Å². The van der Waals surface area contributed by atoms with Crippen LogP contribution in [0.3, 0.4) is 0 Å². The minimum atomic E-state index is -0.338. The fourth-order valence-corrected chi connectivity index (χ4v) is 4.97. The maximum atomic E-state index is 12.7. The topological polar surface area (TPSA) is 55.6 Å². The van der Waals surface area contributed by atoms with Gasteiger partial charge in [-0.15, -0.1) is 0 Å². The summed E-state index contributed by atoms with van der Waals surface area (Å²) in [6.45, 7) is 2.34. The van der Waals surface area contributed by atoms with E-state index in [1.165, 1.54) is 6.21 Å². The molecule has 0 spiro atoms. The third kappa shape index (κ3) is 6.40. The maximum absolute atomic E-state index is 12.7. The van der Waals surface area contributed by atoms with Crippen LogP contribution >= 0.6 is 34.8 Å². The van der Waals surface area contributed by atoms with Gasteiger partial charge in [0.15, 0.2) is 5.75 Å². The first-order chi connectivity index (χ1) is 19.4. The molecule has 1 aromatic heterocycles. The minimum absolute atomic E-state index is 0.288. The summed E-state index contributed by atoms with van der Waals surface area (Å²) in [5.74, 6) is 0.0309.